The molecule has 7 heteroatoms. The normalized spacial score (nSPS) is 10.2. The fraction of sp³-hybridized carbons (Fsp3) is 0.118. The molecule has 2 aromatic heterocycles. The van der Waals surface area contributed by atoms with E-state index in [9.17, 15) is 0 Å². The van der Waals surface area contributed by atoms with E-state index in [0.717, 1.165) is 11.3 Å². The number of aryl methyl sites for hydroxylation is 1. The van der Waals surface area contributed by atoms with E-state index in [4.69, 9.17) is 10.5 Å². The summed E-state index contributed by atoms with van der Waals surface area (Å²) in [5.41, 5.74) is 8.36. The second-order valence-corrected chi connectivity index (χ2v) is 5.10. The number of aromatic nitrogens is 3. The standard InChI is InChI=1S/C17H18N6O/c1-11-6-5-9-19-15(11)23-17-14(18)16(20-10-21-17)22-12-7-3-4-8-13(12)24-2/h3-10H,18H2,1-2H3,(H2,19,20,21,22,23). The minimum absolute atomic E-state index is 0.397. The lowest BCUT2D eigenvalue weighted by atomic mass is 10.2. The van der Waals surface area contributed by atoms with Crippen LogP contribution in [0.3, 0.4) is 0 Å². The molecule has 0 aliphatic rings. The first-order valence-electron chi connectivity index (χ1n) is 7.38. The molecule has 1 aromatic carbocycles. The summed E-state index contributed by atoms with van der Waals surface area (Å²) in [4.78, 5) is 12.7. The molecule has 0 fully saturated rings. The zero-order chi connectivity index (χ0) is 16.9. The molecule has 0 saturated heterocycles. The summed E-state index contributed by atoms with van der Waals surface area (Å²) in [5, 5.41) is 6.31. The van der Waals surface area contributed by atoms with Gasteiger partial charge in [0.1, 0.15) is 23.6 Å². The Morgan fingerprint density at radius 3 is 2.42 bits per heavy atom. The molecule has 2 heterocycles. The van der Waals surface area contributed by atoms with Crippen LogP contribution in [-0.4, -0.2) is 22.1 Å². The first kappa shape index (κ1) is 15.5. The van der Waals surface area contributed by atoms with Crippen molar-refractivity contribution in [1.82, 2.24) is 15.0 Å². The Balaban J connectivity index is 1.90. The summed E-state index contributed by atoms with van der Waals surface area (Å²) in [5.74, 6) is 2.38. The minimum Gasteiger partial charge on any atom is -0.495 e. The van der Waals surface area contributed by atoms with Crippen LogP contribution in [0.2, 0.25) is 0 Å². The quantitative estimate of drug-likeness (QED) is 0.663. The lowest BCUT2D eigenvalue weighted by Crippen LogP contribution is -2.06. The summed E-state index contributed by atoms with van der Waals surface area (Å²) in [6, 6.07) is 11.4. The van der Waals surface area contributed by atoms with Crippen LogP contribution in [0.15, 0.2) is 48.9 Å². The fourth-order valence-corrected chi connectivity index (χ4v) is 2.20. The third-order valence-electron chi connectivity index (χ3n) is 3.49. The van der Waals surface area contributed by atoms with Gasteiger partial charge < -0.3 is 21.1 Å². The number of nitrogen functional groups attached to an aromatic ring is 1. The van der Waals surface area contributed by atoms with Gasteiger partial charge in [0.25, 0.3) is 0 Å². The predicted octanol–water partition coefficient (Wildman–Crippen LogP) is 3.26. The fourth-order valence-electron chi connectivity index (χ4n) is 2.20. The first-order valence-corrected chi connectivity index (χ1v) is 7.38. The highest BCUT2D eigenvalue weighted by Gasteiger charge is 2.11. The molecule has 0 unspecified atom stereocenters. The Labute approximate surface area is 139 Å². The van der Waals surface area contributed by atoms with Gasteiger partial charge in [-0.05, 0) is 30.7 Å². The van der Waals surface area contributed by atoms with Crippen molar-refractivity contribution in [2.45, 2.75) is 6.92 Å². The number of benzene rings is 1. The lowest BCUT2D eigenvalue weighted by Gasteiger charge is -2.14. The van der Waals surface area contributed by atoms with E-state index in [1.54, 1.807) is 13.3 Å². The van der Waals surface area contributed by atoms with E-state index >= 15 is 0 Å². The van der Waals surface area contributed by atoms with Crippen LogP contribution < -0.4 is 21.1 Å². The monoisotopic (exact) mass is 322 g/mol. The van der Waals surface area contributed by atoms with Gasteiger partial charge in [0.2, 0.25) is 0 Å². The van der Waals surface area contributed by atoms with Gasteiger partial charge >= 0.3 is 0 Å². The Morgan fingerprint density at radius 2 is 1.67 bits per heavy atom. The molecule has 122 valence electrons. The zero-order valence-corrected chi connectivity index (χ0v) is 13.4. The van der Waals surface area contributed by atoms with Gasteiger partial charge in [0.15, 0.2) is 11.6 Å². The number of para-hydroxylation sites is 2. The number of hydrogen-bond acceptors (Lipinski definition) is 7. The van der Waals surface area contributed by atoms with E-state index in [0.29, 0.717) is 28.9 Å². The maximum absolute atomic E-state index is 6.20. The molecule has 4 N–H and O–H groups in total. The third kappa shape index (κ3) is 3.19. The van der Waals surface area contributed by atoms with Crippen LogP contribution in [0.4, 0.5) is 28.8 Å². The van der Waals surface area contributed by atoms with Crippen molar-refractivity contribution < 1.29 is 4.74 Å². The van der Waals surface area contributed by atoms with Gasteiger partial charge in [-0.2, -0.15) is 0 Å². The molecule has 24 heavy (non-hydrogen) atoms. The molecule has 0 bridgehead atoms. The van der Waals surface area contributed by atoms with Crippen LogP contribution in [0.25, 0.3) is 0 Å². The van der Waals surface area contributed by atoms with Gasteiger partial charge in [0, 0.05) is 6.20 Å². The number of anilines is 5. The van der Waals surface area contributed by atoms with Crippen molar-refractivity contribution >= 4 is 28.8 Å². The summed E-state index contributed by atoms with van der Waals surface area (Å²) in [7, 11) is 1.61. The Morgan fingerprint density at radius 1 is 0.917 bits per heavy atom. The molecule has 0 aliphatic heterocycles. The van der Waals surface area contributed by atoms with Crippen LogP contribution in [-0.2, 0) is 0 Å². The van der Waals surface area contributed by atoms with Crippen LogP contribution in [0.5, 0.6) is 5.75 Å². The van der Waals surface area contributed by atoms with Crippen molar-refractivity contribution in [2.24, 2.45) is 0 Å². The molecule has 7 nitrogen and oxygen atoms in total. The topological polar surface area (TPSA) is 98.0 Å². The van der Waals surface area contributed by atoms with Crippen molar-refractivity contribution in [3.05, 3.63) is 54.5 Å². The molecule has 0 radical (unpaired) electrons. The average Bonchev–Trinajstić information content (AvgIpc) is 2.61. The molecular formula is C17H18N6O. The predicted molar refractivity (Wildman–Crippen MR) is 95.0 cm³/mol. The van der Waals surface area contributed by atoms with E-state index in [2.05, 4.69) is 25.6 Å². The Bertz CT molecular complexity index is 852. The van der Waals surface area contributed by atoms with Gasteiger partial charge in [-0.3, -0.25) is 0 Å². The van der Waals surface area contributed by atoms with Gasteiger partial charge in [-0.1, -0.05) is 18.2 Å². The largest absolute Gasteiger partial charge is 0.495 e. The van der Waals surface area contributed by atoms with E-state index < -0.39 is 0 Å². The van der Waals surface area contributed by atoms with Crippen molar-refractivity contribution in [1.29, 1.82) is 0 Å². The highest BCUT2D eigenvalue weighted by molar-refractivity contribution is 5.81. The minimum atomic E-state index is 0.397. The zero-order valence-electron chi connectivity index (χ0n) is 13.4. The summed E-state index contributed by atoms with van der Waals surface area (Å²) < 4.78 is 5.33. The number of nitrogens with one attached hydrogen (secondary N) is 2. The summed E-state index contributed by atoms with van der Waals surface area (Å²) in [6.45, 7) is 1.96. The molecular weight excluding hydrogens is 304 g/mol. The van der Waals surface area contributed by atoms with Crippen molar-refractivity contribution in [2.75, 3.05) is 23.5 Å². The van der Waals surface area contributed by atoms with Gasteiger partial charge in [-0.25, -0.2) is 15.0 Å². The summed E-state index contributed by atoms with van der Waals surface area (Å²) >= 11 is 0. The second-order valence-electron chi connectivity index (χ2n) is 5.10. The number of ether oxygens (including phenoxy) is 1. The van der Waals surface area contributed by atoms with E-state index in [1.807, 2.05) is 43.3 Å². The lowest BCUT2D eigenvalue weighted by molar-refractivity contribution is 0.417. The highest BCUT2D eigenvalue weighted by Crippen LogP contribution is 2.31. The maximum Gasteiger partial charge on any atom is 0.160 e. The first-order chi connectivity index (χ1) is 11.7. The third-order valence-corrected chi connectivity index (χ3v) is 3.49. The molecule has 0 saturated carbocycles. The smallest absolute Gasteiger partial charge is 0.160 e. The molecule has 0 atom stereocenters. The molecule has 3 rings (SSSR count). The molecule has 3 aromatic rings. The number of hydrogen-bond donors (Lipinski definition) is 3. The Hall–Kier alpha value is -3.35. The van der Waals surface area contributed by atoms with Crippen LogP contribution in [0, 0.1) is 6.92 Å². The summed E-state index contributed by atoms with van der Waals surface area (Å²) in [6.07, 6.45) is 3.15. The molecule has 0 amide bonds. The van der Waals surface area contributed by atoms with Gasteiger partial charge in [-0.15, -0.1) is 0 Å². The number of methoxy groups -OCH3 is 1. The van der Waals surface area contributed by atoms with Gasteiger partial charge in [0.05, 0.1) is 12.8 Å². The molecule has 0 aliphatic carbocycles. The average molecular weight is 322 g/mol. The van der Waals surface area contributed by atoms with Crippen molar-refractivity contribution in [3.8, 4) is 5.75 Å². The molecule has 0 spiro atoms. The number of nitrogens with zero attached hydrogens (tertiary/aromatic N) is 3. The highest BCUT2D eigenvalue weighted by atomic mass is 16.5. The number of nitrogens with two attached hydrogens (primary N) is 1. The van der Waals surface area contributed by atoms with Crippen molar-refractivity contribution in [3.63, 3.8) is 0 Å². The maximum atomic E-state index is 6.20. The van der Waals surface area contributed by atoms with E-state index in [1.165, 1.54) is 6.33 Å². The van der Waals surface area contributed by atoms with Crippen LogP contribution in [0.1, 0.15) is 5.56 Å². The Kier molecular flexibility index (Phi) is 4.42. The number of pyridine rings is 1. The van der Waals surface area contributed by atoms with Crippen LogP contribution >= 0.6 is 0 Å². The second kappa shape index (κ2) is 6.82. The number of rotatable bonds is 5. The van der Waals surface area contributed by atoms with E-state index in [-0.39, 0.29) is 0 Å². The SMILES string of the molecule is COc1ccccc1Nc1ncnc(Nc2ncccc2C)c1N.